The molecule has 6 nitrogen and oxygen atoms in total. The quantitative estimate of drug-likeness (QED) is 0.679. The molecule has 0 aliphatic rings. The first-order valence-corrected chi connectivity index (χ1v) is 6.28. The second-order valence-corrected chi connectivity index (χ2v) is 5.14. The predicted octanol–water partition coefficient (Wildman–Crippen LogP) is 2.40. The van der Waals surface area contributed by atoms with Gasteiger partial charge in [-0.25, -0.2) is 9.59 Å². The lowest BCUT2D eigenvalue weighted by molar-refractivity contribution is -0.142. The van der Waals surface area contributed by atoms with Gasteiger partial charge in [0.2, 0.25) is 0 Å². The fourth-order valence-electron chi connectivity index (χ4n) is 1.65. The third-order valence-corrected chi connectivity index (χ3v) is 2.54. The summed E-state index contributed by atoms with van der Waals surface area (Å²) >= 11 is 0. The van der Waals surface area contributed by atoms with Crippen molar-refractivity contribution in [3.63, 3.8) is 0 Å². The van der Waals surface area contributed by atoms with Gasteiger partial charge in [0.25, 0.3) is 0 Å². The van der Waals surface area contributed by atoms with Crippen LogP contribution >= 0.6 is 0 Å². The Morgan fingerprint density at radius 3 is 2.57 bits per heavy atom. The fraction of sp³-hybridized carbons (Fsp3) is 0.400. The summed E-state index contributed by atoms with van der Waals surface area (Å²) in [6, 6.07) is 7.34. The Hall–Kier alpha value is -2.55. The zero-order valence-corrected chi connectivity index (χ0v) is 11.9. The van der Waals surface area contributed by atoms with E-state index in [-0.39, 0.29) is 13.3 Å². The largest absolute Gasteiger partial charge is 0.480 e. The molecule has 0 aliphatic carbocycles. The third-order valence-electron chi connectivity index (χ3n) is 2.54. The van der Waals surface area contributed by atoms with Gasteiger partial charge in [0.15, 0.2) is 12.2 Å². The summed E-state index contributed by atoms with van der Waals surface area (Å²) in [5.41, 5.74) is -0.412. The Balaban J connectivity index is 2.94. The molecule has 1 amide bonds. The molecule has 1 aromatic rings. The Morgan fingerprint density at radius 2 is 2.10 bits per heavy atom. The van der Waals surface area contributed by atoms with Gasteiger partial charge in [0.05, 0.1) is 0 Å². The molecule has 0 saturated heterocycles. The van der Waals surface area contributed by atoms with Crippen LogP contribution in [0.5, 0.6) is 0 Å². The molecule has 21 heavy (non-hydrogen) atoms. The number of aliphatic carboxylic acids is 1. The third kappa shape index (κ3) is 5.15. The van der Waals surface area contributed by atoms with Gasteiger partial charge in [0, 0.05) is 7.79 Å². The standard InChI is InChI=1S/C15H18N2O4/c1-15(2,3)21-14(20)17(10-16)12(13(18)19)9-11-7-5-4-6-8-11/h4-8,12H,9H2,1-3H3,(H,18,19)/t12-/m0/s1/i1D. The SMILES string of the molecule is [2H]CC(C)(C)OC(=O)N(C#N)[C@@H](Cc1ccccc1)C(=O)O. The first-order chi connectivity index (χ1) is 10.3. The van der Waals surface area contributed by atoms with E-state index in [0.717, 1.165) is 0 Å². The molecule has 112 valence electrons. The van der Waals surface area contributed by atoms with Gasteiger partial charge in [-0.1, -0.05) is 30.3 Å². The minimum Gasteiger partial charge on any atom is -0.480 e. The van der Waals surface area contributed by atoms with Crippen molar-refractivity contribution in [2.45, 2.75) is 38.8 Å². The van der Waals surface area contributed by atoms with Crippen LogP contribution in [-0.2, 0) is 16.0 Å². The van der Waals surface area contributed by atoms with Gasteiger partial charge in [-0.3, -0.25) is 0 Å². The summed E-state index contributed by atoms with van der Waals surface area (Å²) in [5, 5.41) is 18.4. The van der Waals surface area contributed by atoms with Crippen LogP contribution in [0.4, 0.5) is 4.79 Å². The van der Waals surface area contributed by atoms with Crippen LogP contribution in [0.25, 0.3) is 0 Å². The molecule has 0 bridgehead atoms. The van der Waals surface area contributed by atoms with Crippen LogP contribution in [0.15, 0.2) is 30.3 Å². The maximum absolute atomic E-state index is 12.0. The molecule has 0 spiro atoms. The molecule has 6 heteroatoms. The van der Waals surface area contributed by atoms with Gasteiger partial charge in [0.1, 0.15) is 5.60 Å². The molecule has 0 radical (unpaired) electrons. The molecule has 1 aromatic carbocycles. The number of carbonyl (C=O) groups is 2. The number of hydrogen-bond donors (Lipinski definition) is 1. The molecule has 0 fully saturated rings. The molecule has 1 atom stereocenters. The van der Waals surface area contributed by atoms with Crippen molar-refractivity contribution in [1.82, 2.24) is 4.90 Å². The summed E-state index contributed by atoms with van der Waals surface area (Å²) in [7, 11) is 0. The van der Waals surface area contributed by atoms with E-state index in [2.05, 4.69) is 0 Å². The van der Waals surface area contributed by atoms with E-state index in [1.807, 2.05) is 0 Å². The molecule has 0 aliphatic heterocycles. The maximum atomic E-state index is 12.0. The zero-order valence-electron chi connectivity index (χ0n) is 12.9. The van der Waals surface area contributed by atoms with Crippen molar-refractivity contribution in [1.29, 1.82) is 5.26 Å². The lowest BCUT2D eigenvalue weighted by atomic mass is 10.1. The van der Waals surface area contributed by atoms with Gasteiger partial charge < -0.3 is 9.84 Å². The summed E-state index contributed by atoms with van der Waals surface area (Å²) in [5.74, 6) is -1.30. The number of ether oxygens (including phenoxy) is 1. The van der Waals surface area contributed by atoms with Crippen molar-refractivity contribution in [2.24, 2.45) is 0 Å². The number of rotatable bonds is 4. The highest BCUT2D eigenvalue weighted by Crippen LogP contribution is 2.14. The Kier molecular flexibility index (Phi) is 4.77. The summed E-state index contributed by atoms with van der Waals surface area (Å²) < 4.78 is 12.3. The number of carbonyl (C=O) groups excluding carboxylic acids is 1. The monoisotopic (exact) mass is 291 g/mol. The molecule has 1 rings (SSSR count). The van der Waals surface area contributed by atoms with Crippen LogP contribution in [0.3, 0.4) is 0 Å². The second kappa shape index (κ2) is 6.75. The number of nitrogens with zero attached hydrogens (tertiary/aromatic N) is 2. The van der Waals surface area contributed by atoms with Crippen LogP contribution in [0.2, 0.25) is 0 Å². The molecular weight excluding hydrogens is 272 g/mol. The number of carboxylic acid groups (broad SMARTS) is 1. The first-order valence-electron chi connectivity index (χ1n) is 6.99. The van der Waals surface area contributed by atoms with Crippen molar-refractivity contribution in [2.75, 3.05) is 0 Å². The Morgan fingerprint density at radius 1 is 1.48 bits per heavy atom. The van der Waals surface area contributed by atoms with Gasteiger partial charge >= 0.3 is 12.1 Å². The average molecular weight is 291 g/mol. The van der Waals surface area contributed by atoms with Crippen LogP contribution in [-0.4, -0.2) is 33.7 Å². The number of benzene rings is 1. The normalized spacial score (nSPS) is 12.7. The van der Waals surface area contributed by atoms with Crippen LogP contribution < -0.4 is 0 Å². The summed E-state index contributed by atoms with van der Waals surface area (Å²) in [4.78, 5) is 23.9. The highest BCUT2D eigenvalue weighted by Gasteiger charge is 2.33. The number of nitriles is 1. The van der Waals surface area contributed by atoms with Crippen molar-refractivity contribution in [3.8, 4) is 6.19 Å². The van der Waals surface area contributed by atoms with E-state index < -0.39 is 23.7 Å². The van der Waals surface area contributed by atoms with Crippen molar-refractivity contribution >= 4 is 12.1 Å². The number of hydrogen-bond acceptors (Lipinski definition) is 4. The maximum Gasteiger partial charge on any atom is 0.424 e. The number of amides is 1. The van der Waals surface area contributed by atoms with Gasteiger partial charge in [-0.15, -0.1) is 0 Å². The zero-order chi connectivity index (χ0) is 16.8. The fourth-order valence-corrected chi connectivity index (χ4v) is 1.65. The molecule has 1 N–H and O–H groups in total. The van der Waals surface area contributed by atoms with Gasteiger partial charge in [-0.2, -0.15) is 10.2 Å². The Bertz CT molecular complexity index is 569. The smallest absolute Gasteiger partial charge is 0.424 e. The van der Waals surface area contributed by atoms with E-state index >= 15 is 0 Å². The highest BCUT2D eigenvalue weighted by atomic mass is 16.6. The van der Waals surface area contributed by atoms with E-state index in [1.54, 1.807) is 36.5 Å². The molecule has 0 unspecified atom stereocenters. The van der Waals surface area contributed by atoms with Crippen LogP contribution in [0, 0.1) is 11.5 Å². The summed E-state index contributed by atoms with van der Waals surface area (Å²) in [6.07, 6.45) is 0.487. The molecule has 0 saturated carbocycles. The second-order valence-electron chi connectivity index (χ2n) is 5.14. The van der Waals surface area contributed by atoms with E-state index in [4.69, 9.17) is 11.4 Å². The summed E-state index contributed by atoms with van der Waals surface area (Å²) in [6.45, 7) is 2.83. The predicted molar refractivity (Wildman–Crippen MR) is 75.3 cm³/mol. The first kappa shape index (κ1) is 14.9. The van der Waals surface area contributed by atoms with Crippen LogP contribution in [0.1, 0.15) is 27.7 Å². The van der Waals surface area contributed by atoms with E-state index in [1.165, 1.54) is 13.8 Å². The molecule has 0 aromatic heterocycles. The minimum atomic E-state index is -1.36. The van der Waals surface area contributed by atoms with Crippen molar-refractivity contribution < 1.29 is 20.8 Å². The highest BCUT2D eigenvalue weighted by molar-refractivity contribution is 5.81. The Labute approximate surface area is 125 Å². The van der Waals surface area contributed by atoms with Crippen molar-refractivity contribution in [3.05, 3.63) is 35.9 Å². The van der Waals surface area contributed by atoms with E-state index in [0.29, 0.717) is 10.5 Å². The molecule has 0 heterocycles. The topological polar surface area (TPSA) is 90.6 Å². The number of carboxylic acids is 1. The van der Waals surface area contributed by atoms with Gasteiger partial charge in [-0.05, 0) is 26.3 Å². The lowest BCUT2D eigenvalue weighted by Gasteiger charge is -2.26. The van der Waals surface area contributed by atoms with E-state index in [9.17, 15) is 14.7 Å². The molecular formula is C15H18N2O4. The minimum absolute atomic E-state index is 0.0138. The average Bonchev–Trinajstić information content (AvgIpc) is 2.47. The lowest BCUT2D eigenvalue weighted by Crippen LogP contribution is -2.45.